The second-order valence-electron chi connectivity index (χ2n) is 3.88. The van der Waals surface area contributed by atoms with Gasteiger partial charge in [0, 0.05) is 21.2 Å². The van der Waals surface area contributed by atoms with Crippen molar-refractivity contribution in [3.05, 3.63) is 52.7 Å². The Morgan fingerprint density at radius 1 is 1.00 bits per heavy atom. The van der Waals surface area contributed by atoms with E-state index in [2.05, 4.69) is 4.98 Å². The zero-order chi connectivity index (χ0) is 11.8. The van der Waals surface area contributed by atoms with E-state index < -0.39 is 0 Å². The maximum Gasteiger partial charge on any atom is 0.197 e. The second-order valence-corrected chi connectivity index (χ2v) is 4.73. The number of H-pyrrole nitrogens is 1. The molecule has 0 bridgehead atoms. The first-order valence-electron chi connectivity index (χ1n) is 5.39. The summed E-state index contributed by atoms with van der Waals surface area (Å²) in [6.45, 7) is 0. The van der Waals surface area contributed by atoms with Gasteiger partial charge in [0.2, 0.25) is 0 Å². The Hall–Kier alpha value is -1.74. The number of hydrogen-bond acceptors (Lipinski definition) is 2. The third kappa shape index (κ3) is 1.54. The Balaban J connectivity index is 2.59. The van der Waals surface area contributed by atoms with E-state index in [4.69, 9.17) is 0 Å². The number of aromatic amines is 1. The summed E-state index contributed by atoms with van der Waals surface area (Å²) in [6, 6.07) is 13.5. The highest BCUT2D eigenvalue weighted by Gasteiger charge is 2.07. The predicted octanol–water partition coefficient (Wildman–Crippen LogP) is 3.40. The van der Waals surface area contributed by atoms with Crippen molar-refractivity contribution in [3.63, 3.8) is 0 Å². The molecule has 3 rings (SSSR count). The average molecular weight is 241 g/mol. The SMILES string of the molecule is CSc1cccc2c(=O)c3ccccc3[nH]c12. The lowest BCUT2D eigenvalue weighted by Gasteiger charge is -2.05. The number of aromatic nitrogens is 1. The molecular formula is C14H11NOS. The molecule has 0 atom stereocenters. The highest BCUT2D eigenvalue weighted by atomic mass is 32.2. The third-order valence-electron chi connectivity index (χ3n) is 2.92. The minimum absolute atomic E-state index is 0.102. The zero-order valence-electron chi connectivity index (χ0n) is 9.36. The zero-order valence-corrected chi connectivity index (χ0v) is 10.2. The Labute approximate surface area is 103 Å². The molecule has 2 nitrogen and oxygen atoms in total. The van der Waals surface area contributed by atoms with Crippen molar-refractivity contribution in [2.24, 2.45) is 0 Å². The molecule has 17 heavy (non-hydrogen) atoms. The van der Waals surface area contributed by atoms with Gasteiger partial charge in [0.25, 0.3) is 0 Å². The van der Waals surface area contributed by atoms with Gasteiger partial charge in [-0.1, -0.05) is 18.2 Å². The van der Waals surface area contributed by atoms with E-state index in [1.807, 2.05) is 48.7 Å². The van der Waals surface area contributed by atoms with Crippen LogP contribution in [0.5, 0.6) is 0 Å². The minimum atomic E-state index is 0.102. The number of benzene rings is 2. The van der Waals surface area contributed by atoms with Gasteiger partial charge < -0.3 is 4.98 Å². The molecule has 0 amide bonds. The lowest BCUT2D eigenvalue weighted by molar-refractivity contribution is 1.40. The van der Waals surface area contributed by atoms with Crippen LogP contribution in [0.2, 0.25) is 0 Å². The van der Waals surface area contributed by atoms with E-state index in [0.717, 1.165) is 26.7 Å². The monoisotopic (exact) mass is 241 g/mol. The van der Waals surface area contributed by atoms with Crippen LogP contribution in [-0.4, -0.2) is 11.2 Å². The van der Waals surface area contributed by atoms with Crippen LogP contribution in [0.1, 0.15) is 0 Å². The molecule has 0 fully saturated rings. The number of thioether (sulfide) groups is 1. The van der Waals surface area contributed by atoms with Crippen LogP contribution in [0.25, 0.3) is 21.8 Å². The molecular weight excluding hydrogens is 230 g/mol. The van der Waals surface area contributed by atoms with Gasteiger partial charge in [-0.15, -0.1) is 11.8 Å². The molecule has 0 saturated carbocycles. The summed E-state index contributed by atoms with van der Waals surface area (Å²) in [7, 11) is 0. The van der Waals surface area contributed by atoms with Gasteiger partial charge in [0.05, 0.1) is 5.52 Å². The van der Waals surface area contributed by atoms with Crippen LogP contribution in [-0.2, 0) is 0 Å². The number of nitrogens with one attached hydrogen (secondary N) is 1. The van der Waals surface area contributed by atoms with Crippen LogP contribution in [0, 0.1) is 0 Å². The molecule has 0 radical (unpaired) electrons. The fourth-order valence-electron chi connectivity index (χ4n) is 2.09. The molecule has 84 valence electrons. The second kappa shape index (κ2) is 3.93. The number of pyridine rings is 1. The van der Waals surface area contributed by atoms with Crippen molar-refractivity contribution in [3.8, 4) is 0 Å². The summed E-state index contributed by atoms with van der Waals surface area (Å²) in [5.41, 5.74) is 1.93. The van der Waals surface area contributed by atoms with Crippen LogP contribution in [0.3, 0.4) is 0 Å². The first-order valence-corrected chi connectivity index (χ1v) is 6.61. The first-order chi connectivity index (χ1) is 8.31. The molecule has 0 aliphatic rings. The van der Waals surface area contributed by atoms with Crippen LogP contribution in [0.4, 0.5) is 0 Å². The largest absolute Gasteiger partial charge is 0.353 e. The smallest absolute Gasteiger partial charge is 0.197 e. The maximum absolute atomic E-state index is 12.3. The predicted molar refractivity (Wildman–Crippen MR) is 73.9 cm³/mol. The first kappa shape index (κ1) is 10.4. The van der Waals surface area contributed by atoms with Gasteiger partial charge in [-0.25, -0.2) is 0 Å². The van der Waals surface area contributed by atoms with Crippen LogP contribution in [0.15, 0.2) is 52.2 Å². The van der Waals surface area contributed by atoms with Crippen molar-refractivity contribution in [1.82, 2.24) is 4.98 Å². The molecule has 0 unspecified atom stereocenters. The fraction of sp³-hybridized carbons (Fsp3) is 0.0714. The van der Waals surface area contributed by atoms with Gasteiger partial charge in [0.1, 0.15) is 0 Å². The average Bonchev–Trinajstić information content (AvgIpc) is 2.38. The summed E-state index contributed by atoms with van der Waals surface area (Å²) in [6.07, 6.45) is 2.02. The summed E-state index contributed by atoms with van der Waals surface area (Å²) < 4.78 is 0. The molecule has 3 heteroatoms. The lowest BCUT2D eigenvalue weighted by Crippen LogP contribution is -2.04. The Morgan fingerprint density at radius 3 is 2.59 bits per heavy atom. The van der Waals surface area contributed by atoms with E-state index in [1.54, 1.807) is 11.8 Å². The molecule has 0 spiro atoms. The quantitative estimate of drug-likeness (QED) is 0.523. The summed E-state index contributed by atoms with van der Waals surface area (Å²) >= 11 is 1.65. The van der Waals surface area contributed by atoms with Gasteiger partial charge in [-0.2, -0.15) is 0 Å². The maximum atomic E-state index is 12.3. The molecule has 3 aromatic rings. The highest BCUT2D eigenvalue weighted by molar-refractivity contribution is 7.98. The van der Waals surface area contributed by atoms with E-state index in [9.17, 15) is 4.79 Å². The molecule has 2 aromatic carbocycles. The van der Waals surface area contributed by atoms with Gasteiger partial charge in [0.15, 0.2) is 5.43 Å². The number of rotatable bonds is 1. The third-order valence-corrected chi connectivity index (χ3v) is 3.70. The minimum Gasteiger partial charge on any atom is -0.353 e. The molecule has 1 heterocycles. The van der Waals surface area contributed by atoms with Crippen LogP contribution >= 0.6 is 11.8 Å². The Morgan fingerprint density at radius 2 is 1.76 bits per heavy atom. The van der Waals surface area contributed by atoms with Crippen molar-refractivity contribution in [2.45, 2.75) is 4.90 Å². The summed E-state index contributed by atoms with van der Waals surface area (Å²) in [5.74, 6) is 0. The number of fused-ring (bicyclic) bond motifs is 2. The van der Waals surface area contributed by atoms with Gasteiger partial charge in [-0.05, 0) is 30.5 Å². The molecule has 0 aliphatic heterocycles. The van der Waals surface area contributed by atoms with E-state index >= 15 is 0 Å². The van der Waals surface area contributed by atoms with Gasteiger partial charge >= 0.3 is 0 Å². The lowest BCUT2D eigenvalue weighted by atomic mass is 10.1. The van der Waals surface area contributed by atoms with E-state index in [1.165, 1.54) is 0 Å². The highest BCUT2D eigenvalue weighted by Crippen LogP contribution is 2.24. The van der Waals surface area contributed by atoms with Crippen LogP contribution < -0.4 is 5.43 Å². The molecule has 0 saturated heterocycles. The van der Waals surface area contributed by atoms with Crippen molar-refractivity contribution >= 4 is 33.6 Å². The Kier molecular flexibility index (Phi) is 2.41. The topological polar surface area (TPSA) is 32.9 Å². The van der Waals surface area contributed by atoms with Crippen molar-refractivity contribution in [1.29, 1.82) is 0 Å². The van der Waals surface area contributed by atoms with E-state index in [0.29, 0.717) is 0 Å². The van der Waals surface area contributed by atoms with E-state index in [-0.39, 0.29) is 5.43 Å². The molecule has 0 aliphatic carbocycles. The fourth-order valence-corrected chi connectivity index (χ4v) is 2.67. The number of para-hydroxylation sites is 2. The standard InChI is InChI=1S/C14H11NOS/c1-17-12-8-4-6-10-13(12)15-11-7-3-2-5-9(11)14(10)16/h2-8H,1H3,(H,15,16). The van der Waals surface area contributed by atoms with Gasteiger partial charge in [-0.3, -0.25) is 4.79 Å². The Bertz CT molecular complexity index is 761. The molecule has 1 aromatic heterocycles. The summed E-state index contributed by atoms with van der Waals surface area (Å²) in [5, 5.41) is 1.51. The molecule has 1 N–H and O–H groups in total. The van der Waals surface area contributed by atoms with Crippen molar-refractivity contribution < 1.29 is 0 Å². The summed E-state index contributed by atoms with van der Waals surface area (Å²) in [4.78, 5) is 16.8. The normalized spacial score (nSPS) is 11.1. The van der Waals surface area contributed by atoms with Crippen molar-refractivity contribution in [2.75, 3.05) is 6.26 Å². The number of hydrogen-bond donors (Lipinski definition) is 1.